The number of carbonyl (C=O) groups excluding carboxylic acids is 1. The maximum Gasteiger partial charge on any atom is 0.416 e. The first-order valence-corrected chi connectivity index (χ1v) is 7.58. The first kappa shape index (κ1) is 17.7. The Morgan fingerprint density at radius 2 is 1.69 bits per heavy atom. The topological polar surface area (TPSA) is 30.2 Å². The third-order valence-electron chi connectivity index (χ3n) is 3.63. The van der Waals surface area contributed by atoms with E-state index in [9.17, 15) is 22.4 Å². The van der Waals surface area contributed by atoms with Crippen LogP contribution in [0.4, 0.5) is 17.6 Å². The van der Waals surface area contributed by atoms with Gasteiger partial charge >= 0.3 is 6.18 Å². The zero-order chi connectivity index (χ0) is 18.7. The number of rotatable bonds is 4. The fraction of sp³-hybridized carbons (Fsp3) is 0.0500. The van der Waals surface area contributed by atoms with Crippen molar-refractivity contribution in [3.63, 3.8) is 0 Å². The number of ketones is 1. The summed E-state index contributed by atoms with van der Waals surface area (Å²) in [5.41, 5.74) is -0.174. The van der Waals surface area contributed by atoms with Crippen LogP contribution >= 0.6 is 0 Å². The van der Waals surface area contributed by atoms with Crippen molar-refractivity contribution in [1.82, 2.24) is 0 Å². The summed E-state index contributed by atoms with van der Waals surface area (Å²) >= 11 is 0. The van der Waals surface area contributed by atoms with Gasteiger partial charge in [0.05, 0.1) is 5.56 Å². The van der Waals surface area contributed by atoms with Gasteiger partial charge in [0.15, 0.2) is 5.78 Å². The lowest BCUT2D eigenvalue weighted by atomic mass is 10.1. The Morgan fingerprint density at radius 3 is 2.38 bits per heavy atom. The summed E-state index contributed by atoms with van der Waals surface area (Å²) in [6.45, 7) is 0. The van der Waals surface area contributed by atoms with Gasteiger partial charge in [0, 0.05) is 11.1 Å². The number of alkyl halides is 3. The van der Waals surface area contributed by atoms with Crippen LogP contribution in [0.15, 0.2) is 71.2 Å². The van der Waals surface area contributed by atoms with E-state index in [0.717, 1.165) is 12.1 Å². The van der Waals surface area contributed by atoms with Crippen molar-refractivity contribution in [3.8, 4) is 11.3 Å². The molecule has 0 bridgehead atoms. The standard InChI is InChI=1S/C20H12F4O2/c21-16-6-4-13(5-7-16)18(25)10-8-17-9-11-19(26-17)14-2-1-3-15(12-14)20(22,23)24/h1-12H/b10-8+. The molecule has 0 radical (unpaired) electrons. The highest BCUT2D eigenvalue weighted by Crippen LogP contribution is 2.32. The zero-order valence-corrected chi connectivity index (χ0v) is 13.3. The van der Waals surface area contributed by atoms with Crippen molar-refractivity contribution < 1.29 is 26.8 Å². The van der Waals surface area contributed by atoms with Gasteiger partial charge in [-0.25, -0.2) is 4.39 Å². The minimum Gasteiger partial charge on any atom is -0.457 e. The van der Waals surface area contributed by atoms with Gasteiger partial charge < -0.3 is 4.42 Å². The molecule has 0 spiro atoms. The van der Waals surface area contributed by atoms with Gasteiger partial charge in [-0.2, -0.15) is 13.2 Å². The van der Waals surface area contributed by atoms with Crippen LogP contribution in [0.3, 0.4) is 0 Å². The Labute approximate surface area is 146 Å². The van der Waals surface area contributed by atoms with Crippen LogP contribution < -0.4 is 0 Å². The summed E-state index contributed by atoms with van der Waals surface area (Å²) < 4.78 is 56.7. The Balaban J connectivity index is 1.78. The predicted molar refractivity (Wildman–Crippen MR) is 88.9 cm³/mol. The molecular weight excluding hydrogens is 348 g/mol. The van der Waals surface area contributed by atoms with Crippen molar-refractivity contribution in [2.24, 2.45) is 0 Å². The lowest BCUT2D eigenvalue weighted by Crippen LogP contribution is -2.04. The summed E-state index contributed by atoms with van der Waals surface area (Å²) in [5, 5.41) is 0. The van der Waals surface area contributed by atoms with Crippen LogP contribution in [-0.2, 0) is 6.18 Å². The normalized spacial score (nSPS) is 11.8. The van der Waals surface area contributed by atoms with Gasteiger partial charge in [-0.3, -0.25) is 4.79 Å². The molecule has 0 unspecified atom stereocenters. The Hall–Kier alpha value is -3.15. The third-order valence-corrected chi connectivity index (χ3v) is 3.63. The molecule has 0 aliphatic carbocycles. The number of hydrogen-bond donors (Lipinski definition) is 0. The maximum atomic E-state index is 12.9. The van der Waals surface area contributed by atoms with Gasteiger partial charge in [0.25, 0.3) is 0 Å². The molecule has 132 valence electrons. The first-order valence-electron chi connectivity index (χ1n) is 7.58. The fourth-order valence-corrected chi connectivity index (χ4v) is 2.31. The second-order valence-corrected chi connectivity index (χ2v) is 5.49. The third kappa shape index (κ3) is 4.08. The highest BCUT2D eigenvalue weighted by atomic mass is 19.4. The number of allylic oxidation sites excluding steroid dienone is 1. The molecular formula is C20H12F4O2. The second-order valence-electron chi connectivity index (χ2n) is 5.49. The molecule has 0 amide bonds. The molecule has 0 aliphatic heterocycles. The lowest BCUT2D eigenvalue weighted by Gasteiger charge is -2.07. The summed E-state index contributed by atoms with van der Waals surface area (Å²) in [6.07, 6.45) is -1.78. The number of carbonyl (C=O) groups is 1. The summed E-state index contributed by atoms with van der Waals surface area (Å²) in [6, 6.07) is 12.9. The molecule has 1 aromatic heterocycles. The summed E-state index contributed by atoms with van der Waals surface area (Å²) in [4.78, 5) is 12.0. The zero-order valence-electron chi connectivity index (χ0n) is 13.3. The van der Waals surface area contributed by atoms with E-state index in [1.807, 2.05) is 0 Å². The highest BCUT2D eigenvalue weighted by molar-refractivity contribution is 6.06. The number of halogens is 4. The fourth-order valence-electron chi connectivity index (χ4n) is 2.31. The van der Waals surface area contributed by atoms with E-state index >= 15 is 0 Å². The van der Waals surface area contributed by atoms with Gasteiger partial charge in [-0.15, -0.1) is 0 Å². The van der Waals surface area contributed by atoms with E-state index in [4.69, 9.17) is 4.42 Å². The molecule has 0 saturated heterocycles. The van der Waals surface area contributed by atoms with Crippen molar-refractivity contribution in [2.45, 2.75) is 6.18 Å². The predicted octanol–water partition coefficient (Wildman–Crippen LogP) is 6.00. The van der Waals surface area contributed by atoms with Crippen LogP contribution in [0.25, 0.3) is 17.4 Å². The SMILES string of the molecule is O=C(/C=C/c1ccc(-c2cccc(C(F)(F)F)c2)o1)c1ccc(F)cc1. The monoisotopic (exact) mass is 360 g/mol. The molecule has 0 atom stereocenters. The van der Waals surface area contributed by atoms with Crippen molar-refractivity contribution in [1.29, 1.82) is 0 Å². The highest BCUT2D eigenvalue weighted by Gasteiger charge is 2.30. The molecule has 1 heterocycles. The minimum atomic E-state index is -4.44. The summed E-state index contributed by atoms with van der Waals surface area (Å²) in [5.74, 6) is -0.220. The van der Waals surface area contributed by atoms with Gasteiger partial charge in [0.1, 0.15) is 17.3 Å². The lowest BCUT2D eigenvalue weighted by molar-refractivity contribution is -0.137. The number of furan rings is 1. The quantitative estimate of drug-likeness (QED) is 0.324. The van der Waals surface area contributed by atoms with E-state index < -0.39 is 17.6 Å². The first-order chi connectivity index (χ1) is 12.3. The van der Waals surface area contributed by atoms with Crippen molar-refractivity contribution in [3.05, 3.63) is 89.4 Å². The second kappa shape index (κ2) is 7.00. The molecule has 0 N–H and O–H groups in total. The summed E-state index contributed by atoms with van der Waals surface area (Å²) in [7, 11) is 0. The molecule has 6 heteroatoms. The molecule has 0 aliphatic rings. The average molecular weight is 360 g/mol. The van der Waals surface area contributed by atoms with Crippen LogP contribution in [0.1, 0.15) is 21.7 Å². The van der Waals surface area contributed by atoms with E-state index in [-0.39, 0.29) is 17.1 Å². The van der Waals surface area contributed by atoms with Crippen LogP contribution in [0.5, 0.6) is 0 Å². The number of benzene rings is 2. The van der Waals surface area contributed by atoms with Gasteiger partial charge in [-0.05, 0) is 60.7 Å². The van der Waals surface area contributed by atoms with Crippen molar-refractivity contribution >= 4 is 11.9 Å². The van der Waals surface area contributed by atoms with Gasteiger partial charge in [-0.1, -0.05) is 12.1 Å². The molecule has 2 aromatic carbocycles. The largest absolute Gasteiger partial charge is 0.457 e. The van der Waals surface area contributed by atoms with E-state index in [2.05, 4.69) is 0 Å². The Bertz CT molecular complexity index is 950. The molecule has 0 saturated carbocycles. The minimum absolute atomic E-state index is 0.255. The van der Waals surface area contributed by atoms with Crippen LogP contribution in [-0.4, -0.2) is 5.78 Å². The van der Waals surface area contributed by atoms with E-state index in [0.29, 0.717) is 11.3 Å². The molecule has 3 rings (SSSR count). The smallest absolute Gasteiger partial charge is 0.416 e. The van der Waals surface area contributed by atoms with Crippen molar-refractivity contribution in [2.75, 3.05) is 0 Å². The van der Waals surface area contributed by atoms with Crippen LogP contribution in [0, 0.1) is 5.82 Å². The average Bonchev–Trinajstić information content (AvgIpc) is 3.09. The Morgan fingerprint density at radius 1 is 0.962 bits per heavy atom. The molecule has 0 fully saturated rings. The van der Waals surface area contributed by atoms with E-state index in [1.54, 1.807) is 6.07 Å². The van der Waals surface area contributed by atoms with Crippen LogP contribution in [0.2, 0.25) is 0 Å². The molecule has 3 aromatic rings. The maximum absolute atomic E-state index is 12.9. The Kier molecular flexibility index (Phi) is 4.75. The van der Waals surface area contributed by atoms with Gasteiger partial charge in [0.2, 0.25) is 0 Å². The molecule has 26 heavy (non-hydrogen) atoms. The molecule has 2 nitrogen and oxygen atoms in total. The van der Waals surface area contributed by atoms with E-state index in [1.165, 1.54) is 54.6 Å². The number of hydrogen-bond acceptors (Lipinski definition) is 2.